The van der Waals surface area contributed by atoms with Crippen molar-refractivity contribution in [2.45, 2.75) is 39.0 Å². The van der Waals surface area contributed by atoms with Gasteiger partial charge in [-0.15, -0.1) is 0 Å². The highest BCUT2D eigenvalue weighted by atomic mass is 127. The second kappa shape index (κ2) is 6.08. The van der Waals surface area contributed by atoms with E-state index in [9.17, 15) is 0 Å². The van der Waals surface area contributed by atoms with Crippen LogP contribution in [0.1, 0.15) is 43.8 Å². The number of aryl methyl sites for hydroxylation is 1. The van der Waals surface area contributed by atoms with Crippen molar-refractivity contribution in [1.29, 1.82) is 0 Å². The predicted molar refractivity (Wildman–Crippen MR) is 91.7 cm³/mol. The molecule has 0 radical (unpaired) electrons. The lowest BCUT2D eigenvalue weighted by Gasteiger charge is -2.31. The highest BCUT2D eigenvalue weighted by Gasteiger charge is 2.34. The first-order chi connectivity index (χ1) is 9.55. The Morgan fingerprint density at radius 1 is 1.10 bits per heavy atom. The summed E-state index contributed by atoms with van der Waals surface area (Å²) in [6, 6.07) is 10.5. The first kappa shape index (κ1) is 15.2. The summed E-state index contributed by atoms with van der Waals surface area (Å²) in [7, 11) is 0. The summed E-state index contributed by atoms with van der Waals surface area (Å²) in [5.41, 5.74) is 8.09. The first-order valence-corrected chi connectivity index (χ1v) is 7.98. The van der Waals surface area contributed by atoms with Gasteiger partial charge in [-0.05, 0) is 47.9 Å². The number of nitrogens with zero attached hydrogens (tertiary/aromatic N) is 2. The van der Waals surface area contributed by atoms with Crippen LogP contribution in [0.3, 0.4) is 0 Å². The zero-order valence-corrected chi connectivity index (χ0v) is 14.3. The van der Waals surface area contributed by atoms with Crippen LogP contribution in [0, 0.1) is 10.5 Å². The molecule has 3 nitrogen and oxygen atoms in total. The SMILES string of the molecule is CCC(CC)(c1ccccc1)c1nc(C)c(I)c(N)n1. The molecule has 2 rings (SSSR count). The quantitative estimate of drug-likeness (QED) is 0.813. The Hall–Kier alpha value is -1.17. The number of nitrogen functional groups attached to an aromatic ring is 1. The van der Waals surface area contributed by atoms with Crippen LogP contribution in [0.15, 0.2) is 30.3 Å². The molecule has 20 heavy (non-hydrogen) atoms. The maximum absolute atomic E-state index is 6.05. The Morgan fingerprint density at radius 3 is 2.20 bits per heavy atom. The van der Waals surface area contributed by atoms with Crippen LogP contribution in [0.25, 0.3) is 0 Å². The molecule has 2 aromatic rings. The van der Waals surface area contributed by atoms with Gasteiger partial charge in [-0.3, -0.25) is 0 Å². The number of hydrogen-bond donors (Lipinski definition) is 1. The number of rotatable bonds is 4. The van der Waals surface area contributed by atoms with E-state index in [0.717, 1.165) is 27.9 Å². The third-order valence-corrected chi connectivity index (χ3v) is 5.34. The van der Waals surface area contributed by atoms with Gasteiger partial charge >= 0.3 is 0 Å². The number of benzene rings is 1. The Balaban J connectivity index is 2.65. The molecule has 0 unspecified atom stereocenters. The lowest BCUT2D eigenvalue weighted by molar-refractivity contribution is 0.448. The molecular weight excluding hydrogens is 361 g/mol. The van der Waals surface area contributed by atoms with Crippen LogP contribution in [-0.2, 0) is 5.41 Å². The average Bonchev–Trinajstić information content (AvgIpc) is 2.47. The molecule has 1 aromatic heterocycles. The van der Waals surface area contributed by atoms with Crippen molar-refractivity contribution in [3.63, 3.8) is 0 Å². The van der Waals surface area contributed by atoms with Crippen LogP contribution in [0.4, 0.5) is 5.82 Å². The molecule has 0 amide bonds. The number of halogens is 1. The number of hydrogen-bond acceptors (Lipinski definition) is 3. The average molecular weight is 381 g/mol. The standard InChI is InChI=1S/C16H20IN3/c1-4-16(5-2,12-9-7-6-8-10-12)15-19-11(3)13(17)14(18)20-15/h6-10H,4-5H2,1-3H3,(H2,18,19,20). The van der Waals surface area contributed by atoms with Crippen LogP contribution in [0.5, 0.6) is 0 Å². The van der Waals surface area contributed by atoms with Gasteiger partial charge in [0.05, 0.1) is 14.7 Å². The van der Waals surface area contributed by atoms with Crippen molar-refractivity contribution in [2.24, 2.45) is 0 Å². The van der Waals surface area contributed by atoms with E-state index in [1.807, 2.05) is 13.0 Å². The van der Waals surface area contributed by atoms with E-state index >= 15 is 0 Å². The fraction of sp³-hybridized carbons (Fsp3) is 0.375. The molecule has 0 atom stereocenters. The van der Waals surface area contributed by atoms with Gasteiger partial charge in [0.15, 0.2) is 0 Å². The number of nitrogens with two attached hydrogens (primary N) is 1. The van der Waals surface area contributed by atoms with Gasteiger partial charge in [-0.2, -0.15) is 0 Å². The molecule has 0 saturated heterocycles. The molecule has 0 saturated carbocycles. The van der Waals surface area contributed by atoms with Gasteiger partial charge in [0, 0.05) is 0 Å². The Morgan fingerprint density at radius 2 is 1.70 bits per heavy atom. The van der Waals surface area contributed by atoms with Gasteiger partial charge in [0.2, 0.25) is 0 Å². The molecular formula is C16H20IN3. The van der Waals surface area contributed by atoms with Crippen LogP contribution in [0.2, 0.25) is 0 Å². The maximum Gasteiger partial charge on any atom is 0.141 e. The van der Waals surface area contributed by atoms with E-state index in [2.05, 4.69) is 65.7 Å². The molecule has 0 spiro atoms. The van der Waals surface area contributed by atoms with Gasteiger partial charge in [0.1, 0.15) is 11.6 Å². The summed E-state index contributed by atoms with van der Waals surface area (Å²) in [6.45, 7) is 6.36. The Kier molecular flexibility index (Phi) is 4.62. The zero-order chi connectivity index (χ0) is 14.8. The highest BCUT2D eigenvalue weighted by molar-refractivity contribution is 14.1. The molecule has 0 aliphatic carbocycles. The molecule has 0 aliphatic heterocycles. The van der Waals surface area contributed by atoms with E-state index in [1.54, 1.807) is 0 Å². The normalized spacial score (nSPS) is 11.6. The van der Waals surface area contributed by atoms with Crippen molar-refractivity contribution in [1.82, 2.24) is 9.97 Å². The predicted octanol–water partition coefficient (Wildman–Crippen LogP) is 4.08. The van der Waals surface area contributed by atoms with Crippen molar-refractivity contribution in [3.8, 4) is 0 Å². The summed E-state index contributed by atoms with van der Waals surface area (Å²) in [4.78, 5) is 9.31. The highest BCUT2D eigenvalue weighted by Crippen LogP contribution is 2.37. The Labute approximate surface area is 134 Å². The summed E-state index contributed by atoms with van der Waals surface area (Å²) < 4.78 is 0.945. The molecule has 2 N–H and O–H groups in total. The van der Waals surface area contributed by atoms with Gasteiger partial charge in [-0.1, -0.05) is 44.2 Å². The third-order valence-electron chi connectivity index (χ3n) is 4.00. The second-order valence-corrected chi connectivity index (χ2v) is 6.07. The number of aromatic nitrogens is 2. The maximum atomic E-state index is 6.05. The summed E-state index contributed by atoms with van der Waals surface area (Å²) in [5.74, 6) is 1.42. The minimum atomic E-state index is -0.162. The van der Waals surface area contributed by atoms with Gasteiger partial charge < -0.3 is 5.73 Å². The van der Waals surface area contributed by atoms with Crippen LogP contribution >= 0.6 is 22.6 Å². The molecule has 1 heterocycles. The van der Waals surface area contributed by atoms with E-state index in [1.165, 1.54) is 5.56 Å². The molecule has 106 valence electrons. The van der Waals surface area contributed by atoms with E-state index < -0.39 is 0 Å². The lowest BCUT2D eigenvalue weighted by atomic mass is 9.75. The summed E-state index contributed by atoms with van der Waals surface area (Å²) in [6.07, 6.45) is 1.90. The lowest BCUT2D eigenvalue weighted by Crippen LogP contribution is -2.29. The van der Waals surface area contributed by atoms with Gasteiger partial charge in [-0.25, -0.2) is 9.97 Å². The monoisotopic (exact) mass is 381 g/mol. The van der Waals surface area contributed by atoms with Crippen LogP contribution < -0.4 is 5.73 Å². The van der Waals surface area contributed by atoms with E-state index in [4.69, 9.17) is 10.7 Å². The molecule has 1 aromatic carbocycles. The van der Waals surface area contributed by atoms with Crippen LogP contribution in [-0.4, -0.2) is 9.97 Å². The first-order valence-electron chi connectivity index (χ1n) is 6.90. The van der Waals surface area contributed by atoms with Crippen molar-refractivity contribution in [2.75, 3.05) is 5.73 Å². The largest absolute Gasteiger partial charge is 0.383 e. The van der Waals surface area contributed by atoms with Crippen molar-refractivity contribution < 1.29 is 0 Å². The molecule has 4 heteroatoms. The minimum absolute atomic E-state index is 0.162. The number of anilines is 1. The fourth-order valence-electron chi connectivity index (χ4n) is 2.66. The molecule has 0 bridgehead atoms. The van der Waals surface area contributed by atoms with E-state index in [0.29, 0.717) is 5.82 Å². The minimum Gasteiger partial charge on any atom is -0.383 e. The zero-order valence-electron chi connectivity index (χ0n) is 12.2. The fourth-order valence-corrected chi connectivity index (χ4v) is 2.90. The smallest absolute Gasteiger partial charge is 0.141 e. The topological polar surface area (TPSA) is 51.8 Å². The third kappa shape index (κ3) is 2.53. The summed E-state index contributed by atoms with van der Waals surface area (Å²) in [5, 5.41) is 0. The Bertz CT molecular complexity index is 569. The van der Waals surface area contributed by atoms with E-state index in [-0.39, 0.29) is 5.41 Å². The van der Waals surface area contributed by atoms with Gasteiger partial charge in [0.25, 0.3) is 0 Å². The molecule has 0 aliphatic rings. The second-order valence-electron chi connectivity index (χ2n) is 4.99. The van der Waals surface area contributed by atoms with Crippen molar-refractivity contribution in [3.05, 3.63) is 51.0 Å². The molecule has 0 fully saturated rings. The summed E-state index contributed by atoms with van der Waals surface area (Å²) >= 11 is 2.20. The van der Waals surface area contributed by atoms with Crippen molar-refractivity contribution >= 4 is 28.4 Å².